The lowest BCUT2D eigenvalue weighted by Crippen LogP contribution is -3.13. The van der Waals surface area contributed by atoms with Crippen molar-refractivity contribution in [3.05, 3.63) is 65.5 Å². The van der Waals surface area contributed by atoms with Gasteiger partial charge in [0, 0.05) is 23.5 Å². The molecule has 0 aliphatic carbocycles. The maximum absolute atomic E-state index is 4.76. The maximum Gasteiger partial charge on any atom is 0.103 e. The van der Waals surface area contributed by atoms with Crippen LogP contribution in [-0.2, 0) is 6.54 Å². The van der Waals surface area contributed by atoms with Gasteiger partial charge >= 0.3 is 0 Å². The molecule has 0 spiro atoms. The van der Waals surface area contributed by atoms with E-state index in [-0.39, 0.29) is 0 Å². The van der Waals surface area contributed by atoms with Crippen LogP contribution in [0.2, 0.25) is 0 Å². The summed E-state index contributed by atoms with van der Waals surface area (Å²) in [6.07, 6.45) is 3.67. The molecule has 1 N–H and O–H groups in total. The number of aromatic nitrogens is 1. The van der Waals surface area contributed by atoms with E-state index < -0.39 is 0 Å². The number of nitrogens with zero attached hydrogens (tertiary/aromatic N) is 3. The summed E-state index contributed by atoms with van der Waals surface area (Å²) >= 11 is 0. The Bertz CT molecular complexity index is 641. The Kier molecular flexibility index (Phi) is 5.03. The summed E-state index contributed by atoms with van der Waals surface area (Å²) in [6, 6.07) is 12.9. The zero-order chi connectivity index (χ0) is 16.1. The summed E-state index contributed by atoms with van der Waals surface area (Å²) < 4.78 is 0. The molecule has 1 aliphatic rings. The van der Waals surface area contributed by atoms with Gasteiger partial charge in [-0.2, -0.15) is 5.10 Å². The summed E-state index contributed by atoms with van der Waals surface area (Å²) in [6.45, 7) is 9.60. The molecule has 0 unspecified atom stereocenters. The molecule has 2 aromatic rings. The van der Waals surface area contributed by atoms with E-state index in [4.69, 9.17) is 5.10 Å². The Morgan fingerprint density at radius 2 is 1.91 bits per heavy atom. The number of quaternary nitrogens is 1. The van der Waals surface area contributed by atoms with Gasteiger partial charge in [-0.15, -0.1) is 0 Å². The molecule has 2 heterocycles. The number of pyridine rings is 1. The van der Waals surface area contributed by atoms with Crippen LogP contribution in [0.3, 0.4) is 0 Å². The molecular weight excluding hydrogens is 284 g/mol. The second-order valence-corrected chi connectivity index (χ2v) is 6.29. The summed E-state index contributed by atoms with van der Waals surface area (Å²) in [5.74, 6) is 0. The van der Waals surface area contributed by atoms with Gasteiger partial charge in [0.1, 0.15) is 6.54 Å². The Balaban J connectivity index is 1.53. The molecule has 4 heteroatoms. The average molecular weight is 309 g/mol. The number of rotatable bonds is 4. The van der Waals surface area contributed by atoms with Crippen LogP contribution in [0.5, 0.6) is 0 Å². The fourth-order valence-electron chi connectivity index (χ4n) is 2.93. The molecule has 0 atom stereocenters. The van der Waals surface area contributed by atoms with Crippen molar-refractivity contribution in [3.8, 4) is 0 Å². The van der Waals surface area contributed by atoms with Crippen LogP contribution in [0.1, 0.15) is 23.6 Å². The number of hydrogen-bond donors (Lipinski definition) is 1. The third-order valence-corrected chi connectivity index (χ3v) is 4.39. The zero-order valence-electron chi connectivity index (χ0n) is 14.0. The van der Waals surface area contributed by atoms with Gasteiger partial charge in [0.25, 0.3) is 0 Å². The number of aryl methyl sites for hydroxylation is 1. The topological polar surface area (TPSA) is 32.9 Å². The van der Waals surface area contributed by atoms with Crippen molar-refractivity contribution < 1.29 is 4.90 Å². The van der Waals surface area contributed by atoms with E-state index in [1.807, 2.05) is 12.3 Å². The second-order valence-electron chi connectivity index (χ2n) is 6.29. The van der Waals surface area contributed by atoms with Gasteiger partial charge in [0.05, 0.1) is 31.9 Å². The fourth-order valence-corrected chi connectivity index (χ4v) is 2.93. The predicted molar refractivity (Wildman–Crippen MR) is 93.6 cm³/mol. The zero-order valence-corrected chi connectivity index (χ0v) is 14.0. The molecule has 3 rings (SSSR count). The van der Waals surface area contributed by atoms with Gasteiger partial charge in [-0.3, -0.25) is 9.99 Å². The van der Waals surface area contributed by atoms with Crippen molar-refractivity contribution in [2.45, 2.75) is 20.4 Å². The van der Waals surface area contributed by atoms with E-state index in [1.165, 1.54) is 11.1 Å². The molecule has 23 heavy (non-hydrogen) atoms. The number of piperazine rings is 1. The first-order valence-electron chi connectivity index (χ1n) is 8.30. The average Bonchev–Trinajstić information content (AvgIpc) is 2.59. The Hall–Kier alpha value is -2.20. The molecule has 0 amide bonds. The molecule has 0 saturated carbocycles. The van der Waals surface area contributed by atoms with E-state index in [2.05, 4.69) is 54.2 Å². The molecular formula is C19H25N4+. The minimum Gasteiger partial charge on any atom is -0.328 e. The molecule has 0 radical (unpaired) electrons. The Labute approximate surface area is 138 Å². The van der Waals surface area contributed by atoms with E-state index >= 15 is 0 Å². The van der Waals surface area contributed by atoms with E-state index in [0.29, 0.717) is 0 Å². The van der Waals surface area contributed by atoms with Gasteiger partial charge in [0.15, 0.2) is 0 Å². The minimum absolute atomic E-state index is 1.01. The predicted octanol–water partition coefficient (Wildman–Crippen LogP) is 1.51. The van der Waals surface area contributed by atoms with Gasteiger partial charge < -0.3 is 4.90 Å². The van der Waals surface area contributed by atoms with Gasteiger partial charge in [-0.1, -0.05) is 35.9 Å². The first kappa shape index (κ1) is 15.7. The first-order chi connectivity index (χ1) is 11.2. The van der Waals surface area contributed by atoms with Crippen LogP contribution in [0.4, 0.5) is 0 Å². The highest BCUT2D eigenvalue weighted by Gasteiger charge is 2.19. The molecule has 1 aromatic heterocycles. The minimum atomic E-state index is 1.01. The van der Waals surface area contributed by atoms with Gasteiger partial charge in [0.2, 0.25) is 0 Å². The van der Waals surface area contributed by atoms with Crippen LogP contribution in [0, 0.1) is 6.92 Å². The van der Waals surface area contributed by atoms with E-state index in [0.717, 1.165) is 44.0 Å². The Morgan fingerprint density at radius 1 is 1.17 bits per heavy atom. The van der Waals surface area contributed by atoms with Crippen molar-refractivity contribution in [1.82, 2.24) is 9.99 Å². The number of nitrogens with one attached hydrogen (secondary N) is 1. The number of hydrogen-bond acceptors (Lipinski definition) is 3. The maximum atomic E-state index is 4.76. The quantitative estimate of drug-likeness (QED) is 0.869. The molecule has 1 fully saturated rings. The van der Waals surface area contributed by atoms with Crippen molar-refractivity contribution in [3.63, 3.8) is 0 Å². The Morgan fingerprint density at radius 3 is 2.57 bits per heavy atom. The first-order valence-corrected chi connectivity index (χ1v) is 8.30. The largest absolute Gasteiger partial charge is 0.328 e. The van der Waals surface area contributed by atoms with Crippen LogP contribution >= 0.6 is 0 Å². The van der Waals surface area contributed by atoms with Crippen molar-refractivity contribution in [2.75, 3.05) is 26.2 Å². The van der Waals surface area contributed by atoms with E-state index in [1.54, 1.807) is 11.1 Å². The summed E-state index contributed by atoms with van der Waals surface area (Å²) in [7, 11) is 0. The standard InChI is InChI=1S/C19H24N4/c1-16-5-7-18(8-6-16)15-22-10-12-23(13-11-22)21-17(2)19-4-3-9-20-14-19/h3-9,14H,10-13,15H2,1-2H3/p+1/b21-17-. The SMILES string of the molecule is C/C(=N/N1CC[NH+](Cc2ccc(C)cc2)CC1)c1cccnc1. The lowest BCUT2D eigenvalue weighted by atomic mass is 10.1. The van der Waals surface area contributed by atoms with Crippen LogP contribution in [0.25, 0.3) is 0 Å². The van der Waals surface area contributed by atoms with Crippen molar-refractivity contribution in [2.24, 2.45) is 5.10 Å². The highest BCUT2D eigenvalue weighted by molar-refractivity contribution is 5.98. The monoisotopic (exact) mass is 309 g/mol. The summed E-state index contributed by atoms with van der Waals surface area (Å²) in [5.41, 5.74) is 4.89. The van der Waals surface area contributed by atoms with Crippen LogP contribution < -0.4 is 4.90 Å². The highest BCUT2D eigenvalue weighted by atomic mass is 15.5. The normalized spacial score (nSPS) is 16.6. The molecule has 0 bridgehead atoms. The van der Waals surface area contributed by atoms with Crippen molar-refractivity contribution >= 4 is 5.71 Å². The fraction of sp³-hybridized carbons (Fsp3) is 0.368. The lowest BCUT2D eigenvalue weighted by molar-refractivity contribution is -0.918. The summed E-state index contributed by atoms with van der Waals surface area (Å²) in [5, 5.41) is 6.95. The third kappa shape index (κ3) is 4.39. The van der Waals surface area contributed by atoms with Crippen molar-refractivity contribution in [1.29, 1.82) is 0 Å². The number of hydrazone groups is 1. The molecule has 1 saturated heterocycles. The lowest BCUT2D eigenvalue weighted by Gasteiger charge is -2.31. The molecule has 1 aromatic carbocycles. The van der Waals surface area contributed by atoms with Crippen LogP contribution in [0.15, 0.2) is 53.9 Å². The third-order valence-electron chi connectivity index (χ3n) is 4.39. The molecule has 120 valence electrons. The highest BCUT2D eigenvalue weighted by Crippen LogP contribution is 2.03. The molecule has 4 nitrogen and oxygen atoms in total. The van der Waals surface area contributed by atoms with E-state index in [9.17, 15) is 0 Å². The van der Waals surface area contributed by atoms with Crippen LogP contribution in [-0.4, -0.2) is 41.9 Å². The second kappa shape index (κ2) is 7.38. The number of benzene rings is 1. The summed E-state index contributed by atoms with van der Waals surface area (Å²) in [4.78, 5) is 5.80. The van der Waals surface area contributed by atoms with Gasteiger partial charge in [-0.05, 0) is 19.9 Å². The van der Waals surface area contributed by atoms with Gasteiger partial charge in [-0.25, -0.2) is 0 Å². The smallest absolute Gasteiger partial charge is 0.103 e. The molecule has 1 aliphatic heterocycles.